The van der Waals surface area contributed by atoms with Crippen LogP contribution in [-0.4, -0.2) is 30.1 Å². The molecule has 1 aliphatic heterocycles. The summed E-state index contributed by atoms with van der Waals surface area (Å²) in [6.07, 6.45) is 6.25. The first-order valence-corrected chi connectivity index (χ1v) is 9.18. The molecule has 0 amide bonds. The van der Waals surface area contributed by atoms with Crippen LogP contribution in [-0.2, 0) is 9.53 Å². The quantitative estimate of drug-likeness (QED) is 0.780. The molecule has 4 atom stereocenters. The third-order valence-electron chi connectivity index (χ3n) is 5.78. The molecular formula is C20H29NO2. The summed E-state index contributed by atoms with van der Waals surface area (Å²) < 4.78 is 5.40. The van der Waals surface area contributed by atoms with Crippen LogP contribution >= 0.6 is 0 Å². The van der Waals surface area contributed by atoms with Crippen LogP contribution in [0.3, 0.4) is 0 Å². The zero-order valence-corrected chi connectivity index (χ0v) is 14.4. The number of carbonyl (C=O) groups is 1. The van der Waals surface area contributed by atoms with E-state index in [-0.39, 0.29) is 18.1 Å². The molecule has 1 aliphatic carbocycles. The van der Waals surface area contributed by atoms with Crippen molar-refractivity contribution in [3.63, 3.8) is 0 Å². The lowest BCUT2D eigenvalue weighted by Gasteiger charge is -2.47. The molecule has 3 rings (SSSR count). The highest BCUT2D eigenvalue weighted by Gasteiger charge is 2.42. The number of nitrogens with zero attached hydrogens (tertiary/aromatic N) is 1. The molecule has 0 N–H and O–H groups in total. The molecule has 0 aromatic heterocycles. The van der Waals surface area contributed by atoms with Gasteiger partial charge in [0, 0.05) is 12.6 Å². The fourth-order valence-corrected chi connectivity index (χ4v) is 4.48. The van der Waals surface area contributed by atoms with Crippen molar-refractivity contribution < 1.29 is 9.53 Å². The van der Waals surface area contributed by atoms with Crippen LogP contribution in [0.4, 0.5) is 0 Å². The second-order valence-corrected chi connectivity index (χ2v) is 7.09. The molecule has 1 aromatic rings. The van der Waals surface area contributed by atoms with Gasteiger partial charge in [-0.05, 0) is 44.1 Å². The normalized spacial score (nSPS) is 29.6. The molecule has 0 bridgehead atoms. The molecule has 126 valence electrons. The van der Waals surface area contributed by atoms with Crippen molar-refractivity contribution in [3.8, 4) is 0 Å². The number of fused-ring (bicyclic) bond motifs is 1. The molecule has 1 heterocycles. The Hall–Kier alpha value is -1.35. The molecule has 23 heavy (non-hydrogen) atoms. The lowest BCUT2D eigenvalue weighted by Crippen LogP contribution is -2.52. The minimum absolute atomic E-state index is 0.0284. The Labute approximate surface area is 140 Å². The van der Waals surface area contributed by atoms with Crippen LogP contribution in [0.15, 0.2) is 30.3 Å². The van der Waals surface area contributed by atoms with E-state index in [9.17, 15) is 4.79 Å². The van der Waals surface area contributed by atoms with E-state index in [0.717, 1.165) is 18.9 Å². The third-order valence-corrected chi connectivity index (χ3v) is 5.78. The van der Waals surface area contributed by atoms with E-state index in [0.29, 0.717) is 12.5 Å². The van der Waals surface area contributed by atoms with E-state index in [1.807, 2.05) is 13.0 Å². The van der Waals surface area contributed by atoms with E-state index in [2.05, 4.69) is 36.1 Å². The Morgan fingerprint density at radius 3 is 2.61 bits per heavy atom. The number of carbonyl (C=O) groups excluding carboxylic acids is 1. The van der Waals surface area contributed by atoms with Crippen molar-refractivity contribution >= 4 is 5.97 Å². The second-order valence-electron chi connectivity index (χ2n) is 7.09. The van der Waals surface area contributed by atoms with Gasteiger partial charge in [0.05, 0.1) is 6.61 Å². The van der Waals surface area contributed by atoms with Crippen LogP contribution < -0.4 is 0 Å². The van der Waals surface area contributed by atoms with Gasteiger partial charge in [-0.2, -0.15) is 0 Å². The maximum Gasteiger partial charge on any atom is 0.323 e. The average molecular weight is 315 g/mol. The summed E-state index contributed by atoms with van der Waals surface area (Å²) >= 11 is 0. The summed E-state index contributed by atoms with van der Waals surface area (Å²) in [6.45, 7) is 5.63. The fourth-order valence-electron chi connectivity index (χ4n) is 4.48. The molecule has 1 saturated heterocycles. The van der Waals surface area contributed by atoms with Crippen molar-refractivity contribution in [2.45, 2.75) is 58.0 Å². The lowest BCUT2D eigenvalue weighted by molar-refractivity contribution is -0.155. The predicted molar refractivity (Wildman–Crippen MR) is 92.0 cm³/mol. The maximum absolute atomic E-state index is 12.6. The summed E-state index contributed by atoms with van der Waals surface area (Å²) in [5, 5.41) is 0. The van der Waals surface area contributed by atoms with Crippen LogP contribution in [0.2, 0.25) is 0 Å². The first-order valence-electron chi connectivity index (χ1n) is 9.18. The van der Waals surface area contributed by atoms with E-state index in [1.54, 1.807) is 0 Å². The molecular weight excluding hydrogens is 286 g/mol. The zero-order valence-electron chi connectivity index (χ0n) is 14.4. The smallest absolute Gasteiger partial charge is 0.323 e. The van der Waals surface area contributed by atoms with E-state index < -0.39 is 0 Å². The summed E-state index contributed by atoms with van der Waals surface area (Å²) in [5.74, 6) is 1.43. The van der Waals surface area contributed by atoms with Gasteiger partial charge in [0.15, 0.2) is 0 Å². The Morgan fingerprint density at radius 1 is 1.22 bits per heavy atom. The summed E-state index contributed by atoms with van der Waals surface area (Å²) in [6, 6.07) is 10.7. The Kier molecular flexibility index (Phi) is 5.37. The van der Waals surface area contributed by atoms with Gasteiger partial charge in [0.1, 0.15) is 6.04 Å². The highest BCUT2D eigenvalue weighted by molar-refractivity contribution is 5.76. The van der Waals surface area contributed by atoms with Crippen molar-refractivity contribution in [2.75, 3.05) is 13.2 Å². The van der Waals surface area contributed by atoms with E-state index >= 15 is 0 Å². The summed E-state index contributed by atoms with van der Waals surface area (Å²) in [5.41, 5.74) is 1.29. The van der Waals surface area contributed by atoms with E-state index in [1.165, 1.54) is 31.2 Å². The minimum Gasteiger partial charge on any atom is -0.465 e. The maximum atomic E-state index is 12.6. The number of benzene rings is 1. The van der Waals surface area contributed by atoms with Gasteiger partial charge in [-0.15, -0.1) is 0 Å². The van der Waals surface area contributed by atoms with Crippen molar-refractivity contribution in [1.82, 2.24) is 4.90 Å². The number of hydrogen-bond donors (Lipinski definition) is 0. The largest absolute Gasteiger partial charge is 0.465 e. The molecule has 3 heteroatoms. The van der Waals surface area contributed by atoms with Gasteiger partial charge in [0.2, 0.25) is 0 Å². The van der Waals surface area contributed by atoms with Gasteiger partial charge in [-0.1, -0.05) is 49.6 Å². The topological polar surface area (TPSA) is 29.5 Å². The Bertz CT molecular complexity index is 516. The number of hydrogen-bond acceptors (Lipinski definition) is 3. The fraction of sp³-hybridized carbons (Fsp3) is 0.650. The third kappa shape index (κ3) is 3.60. The number of ether oxygens (including phenoxy) is 1. The summed E-state index contributed by atoms with van der Waals surface area (Å²) in [7, 11) is 0. The molecule has 3 nitrogen and oxygen atoms in total. The summed E-state index contributed by atoms with van der Waals surface area (Å²) in [4.78, 5) is 15.0. The standard InChI is InChI=1S/C20H29NO2/c1-3-23-20(22)19-13-17-11-7-8-12-18(17)14-21(19)15(2)16-9-5-4-6-10-16/h4-6,9-10,15,17-19H,3,7-8,11-14H2,1-2H3/t15-,17+,18-,19+/m1/s1. The molecule has 0 unspecified atom stereocenters. The second kappa shape index (κ2) is 7.48. The first kappa shape index (κ1) is 16.5. The number of rotatable bonds is 4. The molecule has 2 fully saturated rings. The van der Waals surface area contributed by atoms with Gasteiger partial charge in [0.25, 0.3) is 0 Å². The molecule has 2 aliphatic rings. The van der Waals surface area contributed by atoms with Gasteiger partial charge >= 0.3 is 5.97 Å². The number of esters is 1. The highest BCUT2D eigenvalue weighted by atomic mass is 16.5. The molecule has 1 saturated carbocycles. The predicted octanol–water partition coefficient (Wildman–Crippen LogP) is 4.19. The zero-order chi connectivity index (χ0) is 16.2. The van der Waals surface area contributed by atoms with Crippen LogP contribution in [0.1, 0.15) is 57.6 Å². The van der Waals surface area contributed by atoms with Crippen LogP contribution in [0.25, 0.3) is 0 Å². The van der Waals surface area contributed by atoms with E-state index in [4.69, 9.17) is 4.74 Å². The highest BCUT2D eigenvalue weighted by Crippen LogP contribution is 2.41. The van der Waals surface area contributed by atoms with Gasteiger partial charge in [-0.3, -0.25) is 9.69 Å². The van der Waals surface area contributed by atoms with Crippen molar-refractivity contribution in [3.05, 3.63) is 35.9 Å². The van der Waals surface area contributed by atoms with Gasteiger partial charge in [-0.25, -0.2) is 0 Å². The lowest BCUT2D eigenvalue weighted by atomic mass is 9.72. The number of likely N-dealkylation sites (tertiary alicyclic amines) is 1. The van der Waals surface area contributed by atoms with Gasteiger partial charge < -0.3 is 4.74 Å². The molecule has 0 spiro atoms. The first-order chi connectivity index (χ1) is 11.2. The number of piperidine rings is 1. The van der Waals surface area contributed by atoms with Crippen LogP contribution in [0.5, 0.6) is 0 Å². The Morgan fingerprint density at radius 2 is 1.91 bits per heavy atom. The SMILES string of the molecule is CCOC(=O)[C@@H]1C[C@@H]2CCCC[C@@H]2CN1[C@H](C)c1ccccc1. The van der Waals surface area contributed by atoms with Crippen LogP contribution in [0, 0.1) is 11.8 Å². The van der Waals surface area contributed by atoms with Crippen molar-refractivity contribution in [1.29, 1.82) is 0 Å². The minimum atomic E-state index is -0.0792. The Balaban J connectivity index is 1.82. The monoisotopic (exact) mass is 315 g/mol. The van der Waals surface area contributed by atoms with Crippen molar-refractivity contribution in [2.24, 2.45) is 11.8 Å². The molecule has 1 aromatic carbocycles. The average Bonchev–Trinajstić information content (AvgIpc) is 2.61. The molecule has 0 radical (unpaired) electrons.